The molecule has 1 aromatic carbocycles. The van der Waals surface area contributed by atoms with Gasteiger partial charge in [0.25, 0.3) is 0 Å². The van der Waals surface area contributed by atoms with E-state index in [0.29, 0.717) is 15.3 Å². The topological polar surface area (TPSA) is 74.8 Å². The standard InChI is InChI=1S/C18H18N2O3S2/c1-3-10(2)15(17(22)23)20-16(21)14(25-18(20)24)8-11-9-19-13-7-5-4-6-12(11)13/h4-10,15,21H,3H2,1-2H3,(H,22,23)/b11-8+. The first-order valence-electron chi connectivity index (χ1n) is 7.96. The fourth-order valence-corrected chi connectivity index (χ4v) is 4.19. The number of benzene rings is 1. The lowest BCUT2D eigenvalue weighted by Crippen LogP contribution is -2.25. The first-order chi connectivity index (χ1) is 11.9. The summed E-state index contributed by atoms with van der Waals surface area (Å²) in [7, 11) is 0. The molecule has 2 N–H and O–H groups in total. The van der Waals surface area contributed by atoms with Gasteiger partial charge in [-0.25, -0.2) is 4.79 Å². The molecule has 2 unspecified atom stereocenters. The number of nitrogens with zero attached hydrogens (tertiary/aromatic N) is 2. The fraction of sp³-hybridized carbons (Fsp3) is 0.278. The number of fused-ring (bicyclic) bond motifs is 1. The van der Waals surface area contributed by atoms with Crippen molar-refractivity contribution < 1.29 is 15.0 Å². The van der Waals surface area contributed by atoms with Crippen LogP contribution in [0.4, 0.5) is 5.69 Å². The number of rotatable bonds is 5. The zero-order valence-corrected chi connectivity index (χ0v) is 15.5. The number of aromatic hydroxyl groups is 1. The molecule has 1 aliphatic heterocycles. The highest BCUT2D eigenvalue weighted by Crippen LogP contribution is 2.38. The Morgan fingerprint density at radius 1 is 1.44 bits per heavy atom. The summed E-state index contributed by atoms with van der Waals surface area (Å²) in [6.45, 7) is 3.76. The Bertz CT molecular complexity index is 940. The van der Waals surface area contributed by atoms with Gasteiger partial charge in [-0.05, 0) is 30.3 Å². The van der Waals surface area contributed by atoms with E-state index in [0.717, 1.165) is 16.8 Å². The Morgan fingerprint density at radius 3 is 2.84 bits per heavy atom. The van der Waals surface area contributed by atoms with Crippen LogP contribution >= 0.6 is 23.6 Å². The van der Waals surface area contributed by atoms with Crippen molar-refractivity contribution in [2.24, 2.45) is 10.9 Å². The maximum Gasteiger partial charge on any atom is 0.327 e. The van der Waals surface area contributed by atoms with Crippen LogP contribution in [-0.4, -0.2) is 27.0 Å². The SMILES string of the molecule is CCC(C)C(C(=O)O)n1c(O)c(/C=C2\C=Nc3ccccc32)sc1=S. The molecular formula is C18H18N2O3S2. The van der Waals surface area contributed by atoms with Gasteiger partial charge >= 0.3 is 5.97 Å². The van der Waals surface area contributed by atoms with E-state index in [1.54, 1.807) is 12.3 Å². The minimum absolute atomic E-state index is 0.104. The molecule has 0 bridgehead atoms. The van der Waals surface area contributed by atoms with Crippen molar-refractivity contribution in [3.05, 3.63) is 38.7 Å². The van der Waals surface area contributed by atoms with Crippen LogP contribution in [0.25, 0.3) is 11.6 Å². The summed E-state index contributed by atoms with van der Waals surface area (Å²) in [5, 5.41) is 20.2. The lowest BCUT2D eigenvalue weighted by atomic mass is 9.99. The number of allylic oxidation sites excluding steroid dienone is 1. The number of hydrogen-bond donors (Lipinski definition) is 2. The molecule has 0 fully saturated rings. The van der Waals surface area contributed by atoms with E-state index in [1.165, 1.54) is 15.9 Å². The number of thiazole rings is 1. The highest BCUT2D eigenvalue weighted by Gasteiger charge is 2.29. The molecule has 0 spiro atoms. The number of aliphatic carboxylic acids is 1. The Balaban J connectivity index is 2.07. The Kier molecular flexibility index (Phi) is 4.87. The van der Waals surface area contributed by atoms with Gasteiger partial charge in [-0.3, -0.25) is 9.56 Å². The van der Waals surface area contributed by atoms with Crippen LogP contribution in [-0.2, 0) is 4.79 Å². The minimum Gasteiger partial charge on any atom is -0.493 e. The number of para-hydroxylation sites is 1. The van der Waals surface area contributed by atoms with Crippen molar-refractivity contribution in [1.82, 2.24) is 4.57 Å². The van der Waals surface area contributed by atoms with E-state index in [2.05, 4.69) is 4.99 Å². The molecule has 130 valence electrons. The smallest absolute Gasteiger partial charge is 0.327 e. The van der Waals surface area contributed by atoms with E-state index < -0.39 is 12.0 Å². The molecule has 3 rings (SSSR count). The van der Waals surface area contributed by atoms with Gasteiger partial charge in [0, 0.05) is 17.4 Å². The van der Waals surface area contributed by atoms with Crippen molar-refractivity contribution in [3.8, 4) is 5.88 Å². The Labute approximate surface area is 154 Å². The monoisotopic (exact) mass is 374 g/mol. The molecular weight excluding hydrogens is 356 g/mol. The van der Waals surface area contributed by atoms with Crippen molar-refractivity contribution >= 4 is 53.1 Å². The molecule has 5 nitrogen and oxygen atoms in total. The Morgan fingerprint density at radius 2 is 2.16 bits per heavy atom. The fourth-order valence-electron chi connectivity index (χ4n) is 2.86. The third kappa shape index (κ3) is 3.17. The third-order valence-electron chi connectivity index (χ3n) is 4.40. The van der Waals surface area contributed by atoms with Crippen LogP contribution in [0.5, 0.6) is 5.88 Å². The summed E-state index contributed by atoms with van der Waals surface area (Å²) < 4.78 is 1.70. The van der Waals surface area contributed by atoms with E-state index >= 15 is 0 Å². The summed E-state index contributed by atoms with van der Waals surface area (Å²) in [5.41, 5.74) is 2.72. The highest BCUT2D eigenvalue weighted by molar-refractivity contribution is 7.73. The molecule has 0 saturated heterocycles. The van der Waals surface area contributed by atoms with Crippen molar-refractivity contribution in [3.63, 3.8) is 0 Å². The number of carboxylic acid groups (broad SMARTS) is 1. The van der Waals surface area contributed by atoms with Crippen LogP contribution in [0, 0.1) is 9.87 Å². The number of hydrogen-bond acceptors (Lipinski definition) is 5. The molecule has 7 heteroatoms. The average molecular weight is 374 g/mol. The number of carboxylic acids is 1. The van der Waals surface area contributed by atoms with E-state index in [4.69, 9.17) is 12.2 Å². The predicted octanol–water partition coefficient (Wildman–Crippen LogP) is 4.91. The van der Waals surface area contributed by atoms with Crippen molar-refractivity contribution in [1.29, 1.82) is 0 Å². The highest BCUT2D eigenvalue weighted by atomic mass is 32.1. The average Bonchev–Trinajstić information content (AvgIpc) is 3.11. The maximum absolute atomic E-state index is 11.7. The molecule has 2 atom stereocenters. The van der Waals surface area contributed by atoms with Gasteiger partial charge in [-0.1, -0.05) is 38.5 Å². The van der Waals surface area contributed by atoms with Gasteiger partial charge in [-0.2, -0.15) is 0 Å². The minimum atomic E-state index is -0.995. The summed E-state index contributed by atoms with van der Waals surface area (Å²) >= 11 is 6.54. The lowest BCUT2D eigenvalue weighted by Gasteiger charge is -2.20. The molecule has 2 aromatic rings. The number of aliphatic imine (C=N–C) groups is 1. The zero-order valence-electron chi connectivity index (χ0n) is 13.8. The quantitative estimate of drug-likeness (QED) is 0.729. The van der Waals surface area contributed by atoms with Crippen LogP contribution < -0.4 is 0 Å². The third-order valence-corrected chi connectivity index (χ3v) is 5.74. The van der Waals surface area contributed by atoms with Crippen molar-refractivity contribution in [2.75, 3.05) is 0 Å². The largest absolute Gasteiger partial charge is 0.493 e. The van der Waals surface area contributed by atoms with Gasteiger partial charge in [0.1, 0.15) is 6.04 Å². The zero-order chi connectivity index (χ0) is 18.1. The molecule has 1 aromatic heterocycles. The summed E-state index contributed by atoms with van der Waals surface area (Å²) in [6.07, 6.45) is 4.21. The van der Waals surface area contributed by atoms with Gasteiger partial charge < -0.3 is 10.2 Å². The summed E-state index contributed by atoms with van der Waals surface area (Å²) in [5.74, 6) is -1.25. The van der Waals surface area contributed by atoms with Crippen LogP contribution in [0.3, 0.4) is 0 Å². The normalized spacial score (nSPS) is 16.8. The maximum atomic E-state index is 11.7. The van der Waals surface area contributed by atoms with Crippen LogP contribution in [0.2, 0.25) is 0 Å². The van der Waals surface area contributed by atoms with Gasteiger partial charge in [0.15, 0.2) is 3.95 Å². The summed E-state index contributed by atoms with van der Waals surface area (Å²) in [6, 6.07) is 6.84. The number of carbonyl (C=O) groups is 1. The first kappa shape index (κ1) is 17.6. The van der Waals surface area contributed by atoms with Gasteiger partial charge in [0.2, 0.25) is 5.88 Å². The second kappa shape index (κ2) is 6.93. The van der Waals surface area contributed by atoms with E-state index in [9.17, 15) is 15.0 Å². The molecule has 0 amide bonds. The molecule has 0 saturated carbocycles. The van der Waals surface area contributed by atoms with Crippen LogP contribution in [0.15, 0.2) is 29.3 Å². The van der Waals surface area contributed by atoms with Crippen LogP contribution in [0.1, 0.15) is 36.8 Å². The summed E-state index contributed by atoms with van der Waals surface area (Å²) in [4.78, 5) is 16.6. The van der Waals surface area contributed by atoms with Crippen molar-refractivity contribution in [2.45, 2.75) is 26.3 Å². The Hall–Kier alpha value is -2.25. The molecule has 25 heavy (non-hydrogen) atoms. The van der Waals surface area contributed by atoms with Gasteiger partial charge in [-0.15, -0.1) is 11.3 Å². The van der Waals surface area contributed by atoms with E-state index in [1.807, 2.05) is 38.1 Å². The molecule has 2 heterocycles. The van der Waals surface area contributed by atoms with Gasteiger partial charge in [0.05, 0.1) is 10.6 Å². The molecule has 0 aliphatic carbocycles. The second-order valence-corrected chi connectivity index (χ2v) is 7.65. The van der Waals surface area contributed by atoms with E-state index in [-0.39, 0.29) is 11.8 Å². The number of aromatic nitrogens is 1. The molecule has 1 aliphatic rings. The lowest BCUT2D eigenvalue weighted by molar-refractivity contribution is -0.142. The predicted molar refractivity (Wildman–Crippen MR) is 103 cm³/mol. The molecule has 0 radical (unpaired) electrons. The first-order valence-corrected chi connectivity index (χ1v) is 9.18. The second-order valence-electron chi connectivity index (χ2n) is 5.97.